The molecule has 0 aliphatic rings. The van der Waals surface area contributed by atoms with Crippen molar-refractivity contribution in [1.29, 1.82) is 0 Å². The van der Waals surface area contributed by atoms with Crippen molar-refractivity contribution in [1.82, 2.24) is 0 Å². The summed E-state index contributed by atoms with van der Waals surface area (Å²) < 4.78 is 25.5. The van der Waals surface area contributed by atoms with Crippen LogP contribution in [-0.4, -0.2) is 27.1 Å². The van der Waals surface area contributed by atoms with Crippen molar-refractivity contribution in [2.45, 2.75) is 26.7 Å². The van der Waals surface area contributed by atoms with Crippen molar-refractivity contribution < 1.29 is 13.2 Å². The van der Waals surface area contributed by atoms with E-state index in [0.29, 0.717) is 5.69 Å². The fourth-order valence-electron chi connectivity index (χ4n) is 2.72. The Kier molecular flexibility index (Phi) is 6.78. The molecule has 0 atom stereocenters. The highest BCUT2D eigenvalue weighted by atomic mass is 35.5. The molecule has 0 aliphatic heterocycles. The maximum Gasteiger partial charge on any atom is 0.245 e. The summed E-state index contributed by atoms with van der Waals surface area (Å²) in [7, 11) is -3.75. The Bertz CT molecular complexity index is 959. The van der Waals surface area contributed by atoms with Gasteiger partial charge in [-0.05, 0) is 36.1 Å². The second-order valence-electron chi connectivity index (χ2n) is 6.58. The Morgan fingerprint density at radius 1 is 1.15 bits per heavy atom. The van der Waals surface area contributed by atoms with Gasteiger partial charge in [-0.3, -0.25) is 9.10 Å². The van der Waals surface area contributed by atoms with Crippen LogP contribution in [0.3, 0.4) is 0 Å². The maximum absolute atomic E-state index is 12.7. The van der Waals surface area contributed by atoms with Gasteiger partial charge in [0.15, 0.2) is 0 Å². The standard InChI is InChI=1S/C19H22Cl2N2O3S/c1-12(2)14-8-5-7-13(3)19(14)22-17(24)11-23(27(4,25)26)16-10-6-9-15(20)18(16)21/h5-10,12H,11H2,1-4H3,(H,22,24). The molecule has 1 amide bonds. The molecule has 0 heterocycles. The van der Waals surface area contributed by atoms with Gasteiger partial charge in [0.2, 0.25) is 15.9 Å². The number of hydrogen-bond donors (Lipinski definition) is 1. The number of rotatable bonds is 6. The lowest BCUT2D eigenvalue weighted by molar-refractivity contribution is -0.114. The fraction of sp³-hybridized carbons (Fsp3) is 0.316. The SMILES string of the molecule is Cc1cccc(C(C)C)c1NC(=O)CN(c1cccc(Cl)c1Cl)S(C)(=O)=O. The first-order valence-electron chi connectivity index (χ1n) is 8.33. The Morgan fingerprint density at radius 2 is 1.78 bits per heavy atom. The molecule has 2 aromatic carbocycles. The van der Waals surface area contributed by atoms with E-state index in [1.165, 1.54) is 6.07 Å². The molecule has 0 radical (unpaired) electrons. The van der Waals surface area contributed by atoms with Crippen molar-refractivity contribution >= 4 is 50.5 Å². The summed E-state index contributed by atoms with van der Waals surface area (Å²) in [5.74, 6) is -0.263. The van der Waals surface area contributed by atoms with Gasteiger partial charge in [-0.15, -0.1) is 0 Å². The second kappa shape index (κ2) is 8.50. The molecule has 0 saturated heterocycles. The number of benzene rings is 2. The zero-order chi connectivity index (χ0) is 20.4. The minimum Gasteiger partial charge on any atom is -0.324 e. The maximum atomic E-state index is 12.7. The molecule has 27 heavy (non-hydrogen) atoms. The molecule has 0 saturated carbocycles. The number of amides is 1. The number of hydrogen-bond acceptors (Lipinski definition) is 3. The van der Waals surface area contributed by atoms with Crippen molar-refractivity contribution in [3.63, 3.8) is 0 Å². The zero-order valence-corrected chi connectivity index (χ0v) is 17.9. The number of nitrogens with zero attached hydrogens (tertiary/aromatic N) is 1. The van der Waals surface area contributed by atoms with Crippen molar-refractivity contribution in [3.05, 3.63) is 57.6 Å². The fourth-order valence-corrected chi connectivity index (χ4v) is 4.03. The van der Waals surface area contributed by atoms with Crippen LogP contribution < -0.4 is 9.62 Å². The van der Waals surface area contributed by atoms with Gasteiger partial charge in [0.1, 0.15) is 6.54 Å². The van der Waals surface area contributed by atoms with E-state index in [4.69, 9.17) is 23.2 Å². The largest absolute Gasteiger partial charge is 0.324 e. The van der Waals surface area contributed by atoms with Gasteiger partial charge in [-0.2, -0.15) is 0 Å². The molecule has 0 unspecified atom stereocenters. The van der Waals surface area contributed by atoms with Crippen LogP contribution in [-0.2, 0) is 14.8 Å². The van der Waals surface area contributed by atoms with Crippen LogP contribution in [0.25, 0.3) is 0 Å². The predicted octanol–water partition coefficient (Wildman–Crippen LogP) is 4.83. The van der Waals surface area contributed by atoms with Crippen LogP contribution in [0.5, 0.6) is 0 Å². The topological polar surface area (TPSA) is 66.5 Å². The molecule has 1 N–H and O–H groups in total. The summed E-state index contributed by atoms with van der Waals surface area (Å²) in [6.07, 6.45) is 1.02. The molecule has 0 aromatic heterocycles. The third-order valence-corrected chi connectivity index (χ3v) is 6.01. The first kappa shape index (κ1) is 21.5. The number of sulfonamides is 1. The number of aryl methyl sites for hydroxylation is 1. The van der Waals surface area contributed by atoms with E-state index in [0.717, 1.165) is 21.7 Å². The Morgan fingerprint density at radius 3 is 2.37 bits per heavy atom. The highest BCUT2D eigenvalue weighted by Crippen LogP contribution is 2.34. The second-order valence-corrected chi connectivity index (χ2v) is 9.28. The van der Waals surface area contributed by atoms with Crippen molar-refractivity contribution in [3.8, 4) is 0 Å². The molecule has 8 heteroatoms. The van der Waals surface area contributed by atoms with Crippen LogP contribution in [0.4, 0.5) is 11.4 Å². The minimum absolute atomic E-state index is 0.0798. The van der Waals surface area contributed by atoms with Crippen molar-refractivity contribution in [2.75, 3.05) is 22.4 Å². The summed E-state index contributed by atoms with van der Waals surface area (Å²) in [4.78, 5) is 12.7. The Balaban J connectivity index is 2.36. The lowest BCUT2D eigenvalue weighted by atomic mass is 9.98. The summed E-state index contributed by atoms with van der Waals surface area (Å²) in [6, 6.07) is 10.4. The quantitative estimate of drug-likeness (QED) is 0.715. The summed E-state index contributed by atoms with van der Waals surface area (Å²) in [6.45, 7) is 5.53. The average molecular weight is 429 g/mol. The molecule has 0 aliphatic carbocycles. The average Bonchev–Trinajstić information content (AvgIpc) is 2.56. The number of carbonyl (C=O) groups excluding carboxylic acids is 1. The molecule has 2 aromatic rings. The molecule has 2 rings (SSSR count). The predicted molar refractivity (Wildman–Crippen MR) is 113 cm³/mol. The van der Waals surface area contributed by atoms with E-state index >= 15 is 0 Å². The van der Waals surface area contributed by atoms with Crippen LogP contribution >= 0.6 is 23.2 Å². The molecule has 5 nitrogen and oxygen atoms in total. The van der Waals surface area contributed by atoms with Gasteiger partial charge in [0.25, 0.3) is 0 Å². The van der Waals surface area contributed by atoms with Gasteiger partial charge in [-0.25, -0.2) is 8.42 Å². The molecule has 0 fully saturated rings. The molecule has 0 bridgehead atoms. The minimum atomic E-state index is -3.75. The van der Waals surface area contributed by atoms with E-state index in [-0.39, 0.29) is 21.7 Å². The molecular weight excluding hydrogens is 407 g/mol. The van der Waals surface area contributed by atoms with E-state index < -0.39 is 22.5 Å². The first-order chi connectivity index (χ1) is 12.5. The highest BCUT2D eigenvalue weighted by molar-refractivity contribution is 7.92. The monoisotopic (exact) mass is 428 g/mol. The van der Waals surface area contributed by atoms with E-state index in [9.17, 15) is 13.2 Å². The van der Waals surface area contributed by atoms with Crippen molar-refractivity contribution in [2.24, 2.45) is 0 Å². The number of halogens is 2. The van der Waals surface area contributed by atoms with Crippen LogP contribution in [0, 0.1) is 6.92 Å². The smallest absolute Gasteiger partial charge is 0.245 e. The number of anilines is 2. The van der Waals surface area contributed by atoms with Crippen LogP contribution in [0.15, 0.2) is 36.4 Å². The highest BCUT2D eigenvalue weighted by Gasteiger charge is 2.24. The zero-order valence-electron chi connectivity index (χ0n) is 15.6. The van der Waals surface area contributed by atoms with E-state index in [2.05, 4.69) is 5.32 Å². The van der Waals surface area contributed by atoms with Gasteiger partial charge in [0, 0.05) is 5.69 Å². The van der Waals surface area contributed by atoms with Crippen LogP contribution in [0.1, 0.15) is 30.9 Å². The molecule has 146 valence electrons. The summed E-state index contributed by atoms with van der Waals surface area (Å²) in [5.41, 5.74) is 2.75. The van der Waals surface area contributed by atoms with Gasteiger partial charge < -0.3 is 5.32 Å². The van der Waals surface area contributed by atoms with E-state index in [1.807, 2.05) is 39.0 Å². The lowest BCUT2D eigenvalue weighted by Crippen LogP contribution is -2.37. The normalized spacial score (nSPS) is 11.5. The number of nitrogens with one attached hydrogen (secondary N) is 1. The molecular formula is C19H22Cl2N2O3S. The lowest BCUT2D eigenvalue weighted by Gasteiger charge is -2.24. The summed E-state index contributed by atoms with van der Waals surface area (Å²) >= 11 is 12.2. The van der Waals surface area contributed by atoms with Gasteiger partial charge >= 0.3 is 0 Å². The number of para-hydroxylation sites is 1. The molecule has 0 spiro atoms. The van der Waals surface area contributed by atoms with Gasteiger partial charge in [-0.1, -0.05) is 61.3 Å². The summed E-state index contributed by atoms with van der Waals surface area (Å²) in [5, 5.41) is 3.14. The van der Waals surface area contributed by atoms with Crippen LogP contribution in [0.2, 0.25) is 10.0 Å². The Hall–Kier alpha value is -1.76. The Labute approximate surface area is 170 Å². The van der Waals surface area contributed by atoms with E-state index in [1.54, 1.807) is 12.1 Å². The number of carbonyl (C=O) groups is 1. The third-order valence-electron chi connectivity index (χ3n) is 4.08. The third kappa shape index (κ3) is 5.15. The van der Waals surface area contributed by atoms with Gasteiger partial charge in [0.05, 0.1) is 22.0 Å². The first-order valence-corrected chi connectivity index (χ1v) is 10.9.